The Labute approximate surface area is 252 Å². The van der Waals surface area contributed by atoms with Crippen molar-refractivity contribution in [2.75, 3.05) is 25.6 Å². The molecule has 2 N–H and O–H groups in total. The van der Waals surface area contributed by atoms with Crippen molar-refractivity contribution in [3.05, 3.63) is 88.3 Å². The summed E-state index contributed by atoms with van der Waals surface area (Å²) in [5, 5.41) is 0. The highest BCUT2D eigenvalue weighted by atomic mass is 127. The summed E-state index contributed by atoms with van der Waals surface area (Å²) in [7, 11) is 0. The van der Waals surface area contributed by atoms with Gasteiger partial charge in [0.2, 0.25) is 5.91 Å². The van der Waals surface area contributed by atoms with Crippen molar-refractivity contribution in [1.29, 1.82) is 0 Å². The van der Waals surface area contributed by atoms with Crippen LogP contribution < -0.4 is 15.0 Å². The normalized spacial score (nSPS) is 20.0. The number of rotatable bonds is 12. The third-order valence-corrected chi connectivity index (χ3v) is 7.98. The van der Waals surface area contributed by atoms with Crippen LogP contribution in [0.15, 0.2) is 79.2 Å². The maximum atomic E-state index is 13.3. The number of hydrogen-bond acceptors (Lipinski definition) is 8. The molecule has 4 rings (SSSR count). The molecule has 0 saturated carbocycles. The molecular weight excluding hydrogens is 641 g/mol. The Morgan fingerprint density at radius 2 is 1.90 bits per heavy atom. The Kier molecular flexibility index (Phi) is 9.69. The second-order valence-corrected chi connectivity index (χ2v) is 10.9. The van der Waals surface area contributed by atoms with E-state index in [0.717, 1.165) is 9.13 Å². The Morgan fingerprint density at radius 3 is 2.59 bits per heavy atom. The molecule has 0 radical (unpaired) electrons. The topological polar surface area (TPSA) is 121 Å². The molecular formula is C30H33IN3O7+. The molecule has 2 aromatic rings. The zero-order valence-corrected chi connectivity index (χ0v) is 25.1. The molecule has 2 aliphatic rings. The quantitative estimate of drug-likeness (QED) is 0.119. The molecule has 1 saturated heterocycles. The van der Waals surface area contributed by atoms with Crippen LogP contribution in [0.1, 0.15) is 19.4 Å². The summed E-state index contributed by atoms with van der Waals surface area (Å²) in [6.07, 6.45) is 3.15. The summed E-state index contributed by atoms with van der Waals surface area (Å²) in [5.74, 6) is -0.574. The van der Waals surface area contributed by atoms with E-state index in [1.165, 1.54) is 17.1 Å². The lowest BCUT2D eigenvalue weighted by molar-refractivity contribution is -0.674. The number of aromatic nitrogens is 1. The second-order valence-electron chi connectivity index (χ2n) is 9.75. The van der Waals surface area contributed by atoms with Crippen LogP contribution in [0.3, 0.4) is 0 Å². The minimum atomic E-state index is -0.886. The van der Waals surface area contributed by atoms with Crippen LogP contribution in [-0.4, -0.2) is 54.9 Å². The van der Waals surface area contributed by atoms with Crippen molar-refractivity contribution in [3.8, 4) is 5.75 Å². The van der Waals surface area contributed by atoms with Crippen molar-refractivity contribution < 1.29 is 37.9 Å². The van der Waals surface area contributed by atoms with E-state index < -0.39 is 30.2 Å². The number of amides is 1. The number of nitrogens with zero attached hydrogens (tertiary/aromatic N) is 2. The van der Waals surface area contributed by atoms with Gasteiger partial charge in [-0.2, -0.15) is 0 Å². The summed E-state index contributed by atoms with van der Waals surface area (Å²) in [6.45, 7) is 11.3. The van der Waals surface area contributed by atoms with Gasteiger partial charge in [-0.05, 0) is 53.3 Å². The van der Waals surface area contributed by atoms with Gasteiger partial charge in [-0.1, -0.05) is 44.4 Å². The summed E-state index contributed by atoms with van der Waals surface area (Å²) >= 11 is 2.21. The number of ether oxygens (including phenoxy) is 4. The van der Waals surface area contributed by atoms with Gasteiger partial charge < -0.3 is 23.8 Å². The van der Waals surface area contributed by atoms with Crippen molar-refractivity contribution in [3.63, 3.8) is 0 Å². The van der Waals surface area contributed by atoms with Crippen molar-refractivity contribution >= 4 is 46.4 Å². The maximum absolute atomic E-state index is 13.3. The number of fused-ring (bicyclic) bond motifs is 1. The second kappa shape index (κ2) is 13.2. The maximum Gasteiger partial charge on any atom is 0.508 e. The number of esters is 1. The van der Waals surface area contributed by atoms with Gasteiger partial charge in [0.25, 0.3) is 5.82 Å². The van der Waals surface area contributed by atoms with E-state index in [2.05, 4.69) is 35.7 Å². The highest BCUT2D eigenvalue weighted by Crippen LogP contribution is 2.48. The predicted octanol–water partition coefficient (Wildman–Crippen LogP) is 3.78. The first-order chi connectivity index (χ1) is 19.7. The molecule has 11 heteroatoms. The van der Waals surface area contributed by atoms with E-state index in [9.17, 15) is 14.4 Å². The lowest BCUT2D eigenvalue weighted by Gasteiger charge is -2.47. The molecule has 4 atom stereocenters. The number of halogens is 1. The number of carbonyl (C=O) groups excluding carboxylic acids is 3. The van der Waals surface area contributed by atoms with Crippen LogP contribution >= 0.6 is 22.6 Å². The first kappa shape index (κ1) is 30.1. The molecule has 10 nitrogen and oxygen atoms in total. The van der Waals surface area contributed by atoms with Crippen LogP contribution in [0.5, 0.6) is 5.75 Å². The molecule has 2 aliphatic heterocycles. The largest absolute Gasteiger partial charge is 0.508 e. The molecule has 1 aromatic heterocycles. The van der Waals surface area contributed by atoms with Gasteiger partial charge >= 0.3 is 12.1 Å². The van der Waals surface area contributed by atoms with Crippen LogP contribution in [0, 0.1) is 15.4 Å². The monoisotopic (exact) mass is 674 g/mol. The van der Waals surface area contributed by atoms with Gasteiger partial charge in [0.1, 0.15) is 43.9 Å². The summed E-state index contributed by atoms with van der Waals surface area (Å²) in [6, 6.07) is 11.1. The number of carbonyl (C=O) groups is 3. The van der Waals surface area contributed by atoms with Gasteiger partial charge in [-0.15, -0.1) is 0 Å². The van der Waals surface area contributed by atoms with Crippen LogP contribution in [0.4, 0.5) is 10.6 Å². The molecule has 0 bridgehead atoms. The minimum absolute atomic E-state index is 0.00106. The average molecular weight is 675 g/mol. The molecule has 2 unspecified atom stereocenters. The van der Waals surface area contributed by atoms with E-state index in [1.54, 1.807) is 6.92 Å². The zero-order chi connectivity index (χ0) is 29.7. The highest BCUT2D eigenvalue weighted by Gasteiger charge is 2.61. The molecule has 3 heterocycles. The third-order valence-electron chi connectivity index (χ3n) is 7.14. The summed E-state index contributed by atoms with van der Waals surface area (Å²) < 4.78 is 24.6. The third kappa shape index (κ3) is 6.39. The van der Waals surface area contributed by atoms with Gasteiger partial charge in [-0.25, -0.2) is 14.2 Å². The number of nitrogen functional groups attached to an aromatic ring is 1. The average Bonchev–Trinajstić information content (AvgIpc) is 3.19. The molecule has 41 heavy (non-hydrogen) atoms. The van der Waals surface area contributed by atoms with E-state index in [-0.39, 0.29) is 37.3 Å². The summed E-state index contributed by atoms with van der Waals surface area (Å²) in [4.78, 5) is 39.8. The van der Waals surface area contributed by atoms with Crippen molar-refractivity contribution in [2.45, 2.75) is 32.5 Å². The fraction of sp³-hybridized carbons (Fsp3) is 0.333. The molecule has 1 amide bonds. The Hall–Kier alpha value is -3.87. The molecule has 0 spiro atoms. The van der Waals surface area contributed by atoms with Crippen LogP contribution in [0.2, 0.25) is 0 Å². The standard InChI is InChI=1S/C30H32IN3O7/c1-5-13-38-29(36)27-21(18(3)26-25(28(35)34(26)27)19(4)41-30(37)39-14-6-2)17-40-23-11-10-20(15-22(23)31)16-33-12-8-7-9-24(33)32/h5-12,15,18-19,25-26,32H,1-2,13-14,16-17H2,3-4H3/p+1/t18?,19?,25-,26-/m1/s1. The van der Waals surface area contributed by atoms with Gasteiger partial charge in [0.15, 0.2) is 0 Å². The van der Waals surface area contributed by atoms with Crippen LogP contribution in [-0.2, 0) is 30.3 Å². The lowest BCUT2D eigenvalue weighted by atomic mass is 9.77. The van der Waals surface area contributed by atoms with Gasteiger partial charge in [-0.3, -0.25) is 10.5 Å². The zero-order valence-electron chi connectivity index (χ0n) is 23.0. The number of hydrogen-bond donors (Lipinski definition) is 1. The lowest BCUT2D eigenvalue weighted by Crippen LogP contribution is -2.64. The van der Waals surface area contributed by atoms with Gasteiger partial charge in [0, 0.05) is 17.6 Å². The SMILES string of the molecule is C=CCOC(=O)OC(C)[C@H]1C(=O)N2C(C(=O)OCC=C)=C(COc3ccc(C[n+]4ccccc4N)cc3I)C(C)[C@H]12. The predicted molar refractivity (Wildman–Crippen MR) is 158 cm³/mol. The van der Waals surface area contributed by atoms with E-state index >= 15 is 0 Å². The number of nitrogens with two attached hydrogens (primary N) is 1. The molecule has 1 fully saturated rings. The number of benzene rings is 1. The number of β-lactam (4-membered cyclic amide) rings is 1. The molecule has 0 aliphatic carbocycles. The smallest absolute Gasteiger partial charge is 0.488 e. The van der Waals surface area contributed by atoms with Crippen molar-refractivity contribution in [2.24, 2.45) is 11.8 Å². The number of pyridine rings is 1. The first-order valence-corrected chi connectivity index (χ1v) is 14.2. The number of anilines is 1. The fourth-order valence-electron chi connectivity index (χ4n) is 5.14. The fourth-order valence-corrected chi connectivity index (χ4v) is 5.88. The Morgan fingerprint density at radius 1 is 1.17 bits per heavy atom. The van der Waals surface area contributed by atoms with E-state index in [1.807, 2.05) is 54.1 Å². The minimum Gasteiger partial charge on any atom is -0.488 e. The van der Waals surface area contributed by atoms with Crippen molar-refractivity contribution in [1.82, 2.24) is 4.90 Å². The van der Waals surface area contributed by atoms with Gasteiger partial charge in [0.05, 0.1) is 21.7 Å². The first-order valence-electron chi connectivity index (χ1n) is 13.1. The Bertz CT molecular complexity index is 1390. The van der Waals surface area contributed by atoms with E-state index in [4.69, 9.17) is 24.7 Å². The van der Waals surface area contributed by atoms with Crippen LogP contribution in [0.25, 0.3) is 0 Å². The van der Waals surface area contributed by atoms with E-state index in [0.29, 0.717) is 23.7 Å². The summed E-state index contributed by atoms with van der Waals surface area (Å²) in [5.41, 5.74) is 7.91. The Balaban J connectivity index is 1.52. The molecule has 1 aromatic carbocycles. The molecule has 216 valence electrons. The highest BCUT2D eigenvalue weighted by molar-refractivity contribution is 14.1.